The van der Waals surface area contributed by atoms with E-state index in [4.69, 9.17) is 28.4 Å². The number of hydrogen-bond donors (Lipinski definition) is 0. The van der Waals surface area contributed by atoms with Crippen molar-refractivity contribution in [3.63, 3.8) is 0 Å². The molecule has 0 unspecified atom stereocenters. The van der Waals surface area contributed by atoms with Crippen LogP contribution in [0.4, 0.5) is 4.79 Å². The molecule has 0 atom stereocenters. The minimum Gasteiger partial charge on any atom is -0.444 e. The summed E-state index contributed by atoms with van der Waals surface area (Å²) in [6.45, 7) is 11.6. The Bertz CT molecular complexity index is 408. The fourth-order valence-corrected chi connectivity index (χ4v) is 2.81. The first-order valence-electron chi connectivity index (χ1n) is 11.3. The first-order chi connectivity index (χ1) is 14.9. The highest BCUT2D eigenvalue weighted by Crippen LogP contribution is 2.08. The third-order valence-corrected chi connectivity index (χ3v) is 4.70. The molecular weight excluding hydrogens is 517 g/mol. The van der Waals surface area contributed by atoms with Gasteiger partial charge in [-0.25, -0.2) is 4.79 Å². The van der Waals surface area contributed by atoms with Gasteiger partial charge in [0.1, 0.15) is 5.60 Å². The fraction of sp³-hybridized carbons (Fsp3) is 0.955. The van der Waals surface area contributed by atoms with Crippen molar-refractivity contribution in [2.75, 3.05) is 84.1 Å². The van der Waals surface area contributed by atoms with Gasteiger partial charge in [-0.05, 0) is 38.0 Å². The molecular formula is C22H44INO7. The lowest BCUT2D eigenvalue weighted by atomic mass is 10.2. The van der Waals surface area contributed by atoms with Crippen LogP contribution in [0.1, 0.15) is 46.5 Å². The van der Waals surface area contributed by atoms with E-state index >= 15 is 0 Å². The van der Waals surface area contributed by atoms with Gasteiger partial charge in [-0.15, -0.1) is 0 Å². The molecule has 0 spiro atoms. The number of likely N-dealkylation sites (N-methyl/N-ethyl adjacent to an activating group) is 1. The van der Waals surface area contributed by atoms with Gasteiger partial charge in [0.15, 0.2) is 0 Å². The molecule has 0 aliphatic rings. The Morgan fingerprint density at radius 3 is 1.55 bits per heavy atom. The van der Waals surface area contributed by atoms with Crippen LogP contribution in [0.3, 0.4) is 0 Å². The topological polar surface area (TPSA) is 75.7 Å². The van der Waals surface area contributed by atoms with Crippen molar-refractivity contribution in [2.45, 2.75) is 52.1 Å². The summed E-state index contributed by atoms with van der Waals surface area (Å²) in [5.74, 6) is 0. The monoisotopic (exact) mass is 561 g/mol. The van der Waals surface area contributed by atoms with E-state index in [-0.39, 0.29) is 6.09 Å². The third kappa shape index (κ3) is 24.3. The molecule has 0 aromatic heterocycles. The predicted octanol–water partition coefficient (Wildman–Crippen LogP) is 3.93. The Labute approximate surface area is 202 Å². The quantitative estimate of drug-likeness (QED) is 0.119. The Balaban J connectivity index is 3.21. The molecule has 0 fully saturated rings. The number of carbonyl (C=O) groups is 1. The highest BCUT2D eigenvalue weighted by atomic mass is 127. The fourth-order valence-electron chi connectivity index (χ4n) is 2.27. The lowest BCUT2D eigenvalue weighted by Crippen LogP contribution is -2.36. The Morgan fingerprint density at radius 2 is 1.10 bits per heavy atom. The lowest BCUT2D eigenvalue weighted by Gasteiger charge is -2.24. The van der Waals surface area contributed by atoms with Crippen LogP contribution in [0.15, 0.2) is 0 Å². The summed E-state index contributed by atoms with van der Waals surface area (Å²) in [4.78, 5) is 13.3. The van der Waals surface area contributed by atoms with Crippen molar-refractivity contribution in [3.8, 4) is 0 Å². The maximum Gasteiger partial charge on any atom is 0.410 e. The van der Waals surface area contributed by atoms with Crippen LogP contribution in [-0.2, 0) is 28.4 Å². The maximum atomic E-state index is 11.8. The van der Waals surface area contributed by atoms with Crippen LogP contribution in [0.25, 0.3) is 0 Å². The van der Waals surface area contributed by atoms with Crippen molar-refractivity contribution in [2.24, 2.45) is 0 Å². The molecule has 31 heavy (non-hydrogen) atoms. The van der Waals surface area contributed by atoms with Crippen molar-refractivity contribution in [1.29, 1.82) is 0 Å². The predicted molar refractivity (Wildman–Crippen MR) is 130 cm³/mol. The zero-order valence-corrected chi connectivity index (χ0v) is 22.2. The van der Waals surface area contributed by atoms with Crippen LogP contribution < -0.4 is 0 Å². The van der Waals surface area contributed by atoms with Crippen LogP contribution in [0.5, 0.6) is 0 Å². The van der Waals surface area contributed by atoms with E-state index in [9.17, 15) is 4.79 Å². The number of amides is 1. The first-order valence-corrected chi connectivity index (χ1v) is 12.8. The number of unbranched alkanes of at least 4 members (excludes halogenated alkanes) is 3. The third-order valence-electron chi connectivity index (χ3n) is 3.94. The maximum absolute atomic E-state index is 11.8. The molecule has 0 saturated carbocycles. The Hall–Kier alpha value is -0.200. The molecule has 1 amide bonds. The van der Waals surface area contributed by atoms with Crippen LogP contribution >= 0.6 is 22.6 Å². The zero-order chi connectivity index (χ0) is 23.2. The average molecular weight is 561 g/mol. The van der Waals surface area contributed by atoms with Gasteiger partial charge < -0.3 is 33.3 Å². The molecule has 0 bridgehead atoms. The summed E-state index contributed by atoms with van der Waals surface area (Å²) < 4.78 is 33.9. The molecule has 0 radical (unpaired) electrons. The number of carbonyl (C=O) groups excluding carboxylic acids is 1. The highest BCUT2D eigenvalue weighted by Gasteiger charge is 2.19. The van der Waals surface area contributed by atoms with Gasteiger partial charge in [-0.3, -0.25) is 0 Å². The van der Waals surface area contributed by atoms with E-state index in [2.05, 4.69) is 22.6 Å². The molecule has 9 heteroatoms. The van der Waals surface area contributed by atoms with Gasteiger partial charge in [-0.2, -0.15) is 0 Å². The smallest absolute Gasteiger partial charge is 0.410 e. The molecule has 0 saturated heterocycles. The van der Waals surface area contributed by atoms with Crippen molar-refractivity contribution < 1.29 is 33.2 Å². The van der Waals surface area contributed by atoms with E-state index in [1.165, 1.54) is 28.6 Å². The SMILES string of the molecule is CN(CCOCCOCCOCCOCCOCCCCCCI)C(=O)OC(C)(C)C. The normalized spacial score (nSPS) is 11.6. The number of halogens is 1. The van der Waals surface area contributed by atoms with E-state index < -0.39 is 5.60 Å². The lowest BCUT2D eigenvalue weighted by molar-refractivity contribution is -0.0132. The van der Waals surface area contributed by atoms with Crippen LogP contribution in [0, 0.1) is 0 Å². The number of ether oxygens (including phenoxy) is 6. The summed E-state index contributed by atoms with van der Waals surface area (Å²) in [6, 6.07) is 0. The largest absolute Gasteiger partial charge is 0.444 e. The number of alkyl halides is 1. The molecule has 0 N–H and O–H groups in total. The van der Waals surface area contributed by atoms with Crippen molar-refractivity contribution in [1.82, 2.24) is 4.90 Å². The highest BCUT2D eigenvalue weighted by molar-refractivity contribution is 14.1. The number of nitrogens with zero attached hydrogens (tertiary/aromatic N) is 1. The van der Waals surface area contributed by atoms with Gasteiger partial charge in [0.25, 0.3) is 0 Å². The molecule has 0 rings (SSSR count). The van der Waals surface area contributed by atoms with E-state index in [0.29, 0.717) is 66.0 Å². The number of rotatable bonds is 21. The summed E-state index contributed by atoms with van der Waals surface area (Å²) in [5, 5.41) is 0. The van der Waals surface area contributed by atoms with Gasteiger partial charge >= 0.3 is 6.09 Å². The number of hydrogen-bond acceptors (Lipinski definition) is 7. The molecule has 0 aromatic rings. The molecule has 8 nitrogen and oxygen atoms in total. The zero-order valence-electron chi connectivity index (χ0n) is 20.0. The van der Waals surface area contributed by atoms with Gasteiger partial charge in [0.05, 0.1) is 59.5 Å². The van der Waals surface area contributed by atoms with E-state index in [1.807, 2.05) is 20.8 Å². The minimum absolute atomic E-state index is 0.349. The standard InChI is InChI=1S/C22H44INO7/c1-22(2,3)31-21(25)24(4)10-12-27-14-16-29-18-20-30-19-17-28-15-13-26-11-8-6-5-7-9-23/h5-20H2,1-4H3. The van der Waals surface area contributed by atoms with Gasteiger partial charge in [0, 0.05) is 20.2 Å². The van der Waals surface area contributed by atoms with E-state index in [0.717, 1.165) is 13.0 Å². The second-order valence-electron chi connectivity index (χ2n) is 8.07. The summed E-state index contributed by atoms with van der Waals surface area (Å²) in [5.41, 5.74) is -0.490. The molecule has 0 aliphatic heterocycles. The van der Waals surface area contributed by atoms with Crippen LogP contribution in [-0.4, -0.2) is 101 Å². The van der Waals surface area contributed by atoms with E-state index in [1.54, 1.807) is 7.05 Å². The van der Waals surface area contributed by atoms with Crippen molar-refractivity contribution in [3.05, 3.63) is 0 Å². The Morgan fingerprint density at radius 1 is 0.677 bits per heavy atom. The van der Waals surface area contributed by atoms with Gasteiger partial charge in [-0.1, -0.05) is 35.4 Å². The van der Waals surface area contributed by atoms with Crippen molar-refractivity contribution >= 4 is 28.7 Å². The molecule has 186 valence electrons. The molecule has 0 heterocycles. The Kier molecular flexibility index (Phi) is 21.5. The van der Waals surface area contributed by atoms with Crippen LogP contribution in [0.2, 0.25) is 0 Å². The summed E-state index contributed by atoms with van der Waals surface area (Å²) in [6.07, 6.45) is 4.63. The summed E-state index contributed by atoms with van der Waals surface area (Å²) in [7, 11) is 1.69. The van der Waals surface area contributed by atoms with Gasteiger partial charge in [0.2, 0.25) is 0 Å². The summed E-state index contributed by atoms with van der Waals surface area (Å²) >= 11 is 2.42. The second kappa shape index (κ2) is 21.6. The second-order valence-corrected chi connectivity index (χ2v) is 9.15. The minimum atomic E-state index is -0.490. The average Bonchev–Trinajstić information content (AvgIpc) is 2.71. The molecule has 0 aromatic carbocycles. The first kappa shape index (κ1) is 30.8. The molecule has 0 aliphatic carbocycles.